The Bertz CT molecular complexity index is 1880. The van der Waals surface area contributed by atoms with Crippen molar-refractivity contribution in [3.8, 4) is 11.5 Å². The second-order valence-electron chi connectivity index (χ2n) is 11.0. The lowest BCUT2D eigenvalue weighted by atomic mass is 9.71. The third kappa shape index (κ3) is 5.09. The van der Waals surface area contributed by atoms with Crippen LogP contribution in [0.3, 0.4) is 0 Å². The van der Waals surface area contributed by atoms with Crippen LogP contribution in [0, 0.1) is 6.92 Å². The highest BCUT2D eigenvalue weighted by Crippen LogP contribution is 2.46. The van der Waals surface area contributed by atoms with E-state index in [9.17, 15) is 14.4 Å². The van der Waals surface area contributed by atoms with Crippen molar-refractivity contribution in [1.82, 2.24) is 5.32 Å². The topological polar surface area (TPSA) is 107 Å². The van der Waals surface area contributed by atoms with E-state index >= 15 is 0 Å². The molecule has 4 aromatic rings. The largest absolute Gasteiger partial charge is 0.493 e. The number of ketones is 1. The summed E-state index contributed by atoms with van der Waals surface area (Å²) in [5, 5.41) is 6.73. The molecular formula is C35H32N2O6. The maximum Gasteiger partial charge on any atom is 0.254 e. The normalized spacial score (nSPS) is 18.3. The lowest BCUT2D eigenvalue weighted by Crippen LogP contribution is -2.38. The average molecular weight is 577 g/mol. The van der Waals surface area contributed by atoms with Crippen LogP contribution in [-0.2, 0) is 9.59 Å². The van der Waals surface area contributed by atoms with E-state index in [0.717, 1.165) is 11.1 Å². The van der Waals surface area contributed by atoms with E-state index in [1.54, 1.807) is 45.4 Å². The summed E-state index contributed by atoms with van der Waals surface area (Å²) in [6, 6.07) is 20.1. The quantitative estimate of drug-likeness (QED) is 0.285. The molecule has 3 aromatic carbocycles. The summed E-state index contributed by atoms with van der Waals surface area (Å²) in [5.74, 6) is -0.381. The Morgan fingerprint density at radius 1 is 0.930 bits per heavy atom. The molecule has 0 spiro atoms. The van der Waals surface area contributed by atoms with E-state index in [0.29, 0.717) is 57.1 Å². The number of nitrogens with one attached hydrogen (secondary N) is 2. The van der Waals surface area contributed by atoms with Gasteiger partial charge in [-0.1, -0.05) is 35.9 Å². The maximum atomic E-state index is 14.1. The first-order valence-corrected chi connectivity index (χ1v) is 14.1. The number of hydrogen-bond acceptors (Lipinski definition) is 7. The van der Waals surface area contributed by atoms with E-state index in [4.69, 9.17) is 13.9 Å². The van der Waals surface area contributed by atoms with E-state index in [2.05, 4.69) is 10.6 Å². The molecule has 8 heteroatoms. The molecular weight excluding hydrogens is 544 g/mol. The number of hydrogen-bond donors (Lipinski definition) is 2. The molecule has 0 unspecified atom stereocenters. The summed E-state index contributed by atoms with van der Waals surface area (Å²) >= 11 is 0. The van der Waals surface area contributed by atoms with Gasteiger partial charge in [-0.05, 0) is 68.1 Å². The summed E-state index contributed by atoms with van der Waals surface area (Å²) in [7, 11) is 3.16. The van der Waals surface area contributed by atoms with Gasteiger partial charge in [-0.15, -0.1) is 0 Å². The van der Waals surface area contributed by atoms with Crippen LogP contribution in [0.5, 0.6) is 11.5 Å². The molecule has 2 heterocycles. The number of fused-ring (bicyclic) bond motifs is 1. The average Bonchev–Trinajstić information content (AvgIpc) is 3.01. The third-order valence-electron chi connectivity index (χ3n) is 8.28. The zero-order valence-electron chi connectivity index (χ0n) is 24.4. The van der Waals surface area contributed by atoms with E-state index in [-0.39, 0.29) is 29.1 Å². The zero-order chi connectivity index (χ0) is 30.2. The van der Waals surface area contributed by atoms with Gasteiger partial charge >= 0.3 is 0 Å². The number of ether oxygens (including phenoxy) is 2. The Kier molecular flexibility index (Phi) is 7.36. The van der Waals surface area contributed by atoms with Crippen molar-refractivity contribution >= 4 is 28.3 Å². The highest BCUT2D eigenvalue weighted by Gasteiger charge is 2.42. The van der Waals surface area contributed by atoms with Gasteiger partial charge in [-0.2, -0.15) is 0 Å². The fourth-order valence-electron chi connectivity index (χ4n) is 6.12. The van der Waals surface area contributed by atoms with Crippen molar-refractivity contribution in [3.05, 3.63) is 122 Å². The summed E-state index contributed by atoms with van der Waals surface area (Å²) in [6.07, 6.45) is 2.11. The van der Waals surface area contributed by atoms with Crippen molar-refractivity contribution in [2.24, 2.45) is 0 Å². The SMILES string of the molecule is COc1ccc([C@H]2CC(=O)C3=C(C2)NC(C)=C(C(=O)Nc2ccc(C)cc2)[C@@H]3c2coc3ccccc3c2=O)cc1OC. The summed E-state index contributed by atoms with van der Waals surface area (Å²) in [5.41, 5.74) is 5.01. The number of dihydropyridines is 1. The van der Waals surface area contributed by atoms with Gasteiger partial charge < -0.3 is 24.5 Å². The van der Waals surface area contributed by atoms with Crippen LogP contribution >= 0.6 is 0 Å². The van der Waals surface area contributed by atoms with Crippen molar-refractivity contribution in [2.45, 2.75) is 38.5 Å². The molecule has 1 aliphatic heterocycles. The molecule has 0 saturated heterocycles. The predicted molar refractivity (Wildman–Crippen MR) is 164 cm³/mol. The van der Waals surface area contributed by atoms with Gasteiger partial charge in [-0.3, -0.25) is 14.4 Å². The molecule has 43 heavy (non-hydrogen) atoms. The predicted octanol–water partition coefficient (Wildman–Crippen LogP) is 6.12. The number of Topliss-reactive ketones (excluding diaryl/α,β-unsaturated/α-hetero) is 1. The van der Waals surface area contributed by atoms with Gasteiger partial charge in [0.1, 0.15) is 5.58 Å². The molecule has 218 valence electrons. The Morgan fingerprint density at radius 2 is 1.67 bits per heavy atom. The van der Waals surface area contributed by atoms with Crippen LogP contribution in [0.25, 0.3) is 11.0 Å². The number of benzene rings is 3. The van der Waals surface area contributed by atoms with Crippen LogP contribution in [-0.4, -0.2) is 25.9 Å². The number of methoxy groups -OCH3 is 2. The second kappa shape index (κ2) is 11.3. The van der Waals surface area contributed by atoms with Gasteiger partial charge in [-0.25, -0.2) is 0 Å². The van der Waals surface area contributed by atoms with Crippen LogP contribution in [0.15, 0.2) is 105 Å². The Labute approximate surface area is 249 Å². The number of para-hydroxylation sites is 1. The molecule has 1 aromatic heterocycles. The smallest absolute Gasteiger partial charge is 0.254 e. The minimum atomic E-state index is -0.901. The Morgan fingerprint density at radius 3 is 2.42 bits per heavy atom. The molecule has 0 fully saturated rings. The van der Waals surface area contributed by atoms with E-state index in [1.807, 2.05) is 49.4 Å². The standard InChI is InChI=1S/C35H32N2O6/c1-19-9-12-23(13-10-19)37-35(40)31-20(2)36-26-15-22(21-11-14-29(41-3)30(17-21)42-4)16-27(38)33(26)32(31)25-18-43-28-8-6-5-7-24(28)34(25)39/h5-14,17-18,22,32,36H,15-16H2,1-4H3,(H,37,40)/t22-,32+/m1/s1. The molecule has 1 aliphatic carbocycles. The van der Waals surface area contributed by atoms with E-state index < -0.39 is 11.8 Å². The molecule has 2 atom stereocenters. The number of carbonyl (C=O) groups excluding carboxylic acids is 2. The fraction of sp³-hybridized carbons (Fsp3) is 0.229. The number of rotatable bonds is 6. The number of carbonyl (C=O) groups is 2. The van der Waals surface area contributed by atoms with Gasteiger partial charge in [0.2, 0.25) is 0 Å². The Balaban J connectivity index is 1.46. The summed E-state index contributed by atoms with van der Waals surface area (Å²) < 4.78 is 16.8. The molecule has 6 rings (SSSR count). The summed E-state index contributed by atoms with van der Waals surface area (Å²) in [4.78, 5) is 41.9. The van der Waals surface area contributed by atoms with Crippen molar-refractivity contribution < 1.29 is 23.5 Å². The minimum Gasteiger partial charge on any atom is -0.493 e. The fourth-order valence-corrected chi connectivity index (χ4v) is 6.12. The molecule has 0 bridgehead atoms. The molecule has 1 amide bonds. The Hall–Kier alpha value is -5.11. The first-order valence-electron chi connectivity index (χ1n) is 14.1. The molecule has 2 N–H and O–H groups in total. The van der Waals surface area contributed by atoms with Gasteiger partial charge in [0.15, 0.2) is 22.7 Å². The van der Waals surface area contributed by atoms with Gasteiger partial charge in [0.25, 0.3) is 5.91 Å². The third-order valence-corrected chi connectivity index (χ3v) is 8.28. The zero-order valence-corrected chi connectivity index (χ0v) is 24.4. The summed E-state index contributed by atoms with van der Waals surface area (Å²) in [6.45, 7) is 3.77. The van der Waals surface area contributed by atoms with Crippen molar-refractivity contribution in [1.29, 1.82) is 0 Å². The molecule has 0 saturated carbocycles. The number of amides is 1. The lowest BCUT2D eigenvalue weighted by molar-refractivity contribution is -0.116. The van der Waals surface area contributed by atoms with Crippen molar-refractivity contribution in [3.63, 3.8) is 0 Å². The molecule has 0 radical (unpaired) electrons. The highest BCUT2D eigenvalue weighted by atomic mass is 16.5. The monoisotopic (exact) mass is 576 g/mol. The van der Waals surface area contributed by atoms with Crippen LogP contribution in [0.2, 0.25) is 0 Å². The highest BCUT2D eigenvalue weighted by molar-refractivity contribution is 6.10. The van der Waals surface area contributed by atoms with Crippen LogP contribution in [0.1, 0.15) is 48.3 Å². The molecule has 2 aliphatic rings. The van der Waals surface area contributed by atoms with Gasteiger partial charge in [0, 0.05) is 40.2 Å². The first-order chi connectivity index (χ1) is 20.8. The molecule has 8 nitrogen and oxygen atoms in total. The second-order valence-corrected chi connectivity index (χ2v) is 11.0. The number of allylic oxidation sites excluding steroid dienone is 3. The first kappa shape index (κ1) is 28.0. The van der Waals surface area contributed by atoms with Gasteiger partial charge in [0.05, 0.1) is 31.8 Å². The minimum absolute atomic E-state index is 0.136. The van der Waals surface area contributed by atoms with Crippen molar-refractivity contribution in [2.75, 3.05) is 19.5 Å². The number of aryl methyl sites for hydroxylation is 1. The van der Waals surface area contributed by atoms with Crippen LogP contribution < -0.4 is 25.5 Å². The lowest BCUT2D eigenvalue weighted by Gasteiger charge is -2.36. The number of anilines is 1. The van der Waals surface area contributed by atoms with Crippen LogP contribution in [0.4, 0.5) is 5.69 Å². The maximum absolute atomic E-state index is 14.1. The van der Waals surface area contributed by atoms with E-state index in [1.165, 1.54) is 6.26 Å².